The van der Waals surface area contributed by atoms with Gasteiger partial charge in [-0.1, -0.05) is 13.8 Å². The van der Waals surface area contributed by atoms with Gasteiger partial charge in [-0.05, 0) is 37.0 Å². The third-order valence-corrected chi connectivity index (χ3v) is 4.90. The van der Waals surface area contributed by atoms with Gasteiger partial charge in [0.1, 0.15) is 5.82 Å². The molecule has 106 valence electrons. The van der Waals surface area contributed by atoms with Gasteiger partial charge in [-0.25, -0.2) is 12.8 Å². The highest BCUT2D eigenvalue weighted by Gasteiger charge is 2.38. The largest absolute Gasteiger partial charge is 0.399 e. The summed E-state index contributed by atoms with van der Waals surface area (Å²) in [6.45, 7) is 4.37. The van der Waals surface area contributed by atoms with E-state index in [4.69, 9.17) is 5.73 Å². The van der Waals surface area contributed by atoms with Crippen molar-refractivity contribution >= 4 is 15.7 Å². The summed E-state index contributed by atoms with van der Waals surface area (Å²) < 4.78 is 39.9. The van der Waals surface area contributed by atoms with E-state index >= 15 is 0 Å². The molecule has 4 nitrogen and oxygen atoms in total. The van der Waals surface area contributed by atoms with Gasteiger partial charge in [-0.2, -0.15) is 4.31 Å². The van der Waals surface area contributed by atoms with Crippen molar-refractivity contribution in [2.75, 3.05) is 12.3 Å². The van der Waals surface area contributed by atoms with Crippen molar-refractivity contribution in [2.24, 2.45) is 5.92 Å². The average molecular weight is 286 g/mol. The summed E-state index contributed by atoms with van der Waals surface area (Å²) in [4.78, 5) is -0.0578. The third-order valence-electron chi connectivity index (χ3n) is 3.00. The summed E-state index contributed by atoms with van der Waals surface area (Å²) >= 11 is 0. The van der Waals surface area contributed by atoms with E-state index in [1.807, 2.05) is 13.8 Å². The molecule has 1 fully saturated rings. The van der Waals surface area contributed by atoms with Crippen LogP contribution in [0.4, 0.5) is 10.1 Å². The van der Waals surface area contributed by atoms with Gasteiger partial charge in [0, 0.05) is 18.3 Å². The number of benzene rings is 1. The molecule has 2 rings (SSSR count). The zero-order valence-electron chi connectivity index (χ0n) is 11.1. The van der Waals surface area contributed by atoms with Crippen LogP contribution in [0.1, 0.15) is 26.7 Å². The molecule has 1 aliphatic rings. The fraction of sp³-hybridized carbons (Fsp3) is 0.538. The summed E-state index contributed by atoms with van der Waals surface area (Å²) in [6, 6.07) is 3.51. The number of sulfonamides is 1. The van der Waals surface area contributed by atoms with Crippen LogP contribution < -0.4 is 5.73 Å². The Kier molecular flexibility index (Phi) is 3.82. The maximum atomic E-state index is 13.3. The molecule has 1 saturated carbocycles. The fourth-order valence-electron chi connectivity index (χ4n) is 2.03. The van der Waals surface area contributed by atoms with Crippen molar-refractivity contribution in [2.45, 2.75) is 37.6 Å². The maximum Gasteiger partial charge on any atom is 0.243 e. The van der Waals surface area contributed by atoms with E-state index in [0.717, 1.165) is 25.0 Å². The first-order chi connectivity index (χ1) is 8.80. The van der Waals surface area contributed by atoms with Gasteiger partial charge in [-0.15, -0.1) is 0 Å². The Bertz CT molecular complexity index is 548. The molecule has 1 aromatic carbocycles. The number of nitrogens with two attached hydrogens (primary N) is 1. The normalized spacial score (nSPS) is 16.3. The van der Waals surface area contributed by atoms with Crippen LogP contribution in [0.2, 0.25) is 0 Å². The highest BCUT2D eigenvalue weighted by atomic mass is 32.2. The lowest BCUT2D eigenvalue weighted by Crippen LogP contribution is -2.36. The number of hydrogen-bond donors (Lipinski definition) is 1. The predicted molar refractivity (Wildman–Crippen MR) is 72.6 cm³/mol. The topological polar surface area (TPSA) is 63.4 Å². The quantitative estimate of drug-likeness (QED) is 0.844. The van der Waals surface area contributed by atoms with Crippen molar-refractivity contribution < 1.29 is 12.8 Å². The molecule has 0 bridgehead atoms. The first-order valence-corrected chi connectivity index (χ1v) is 7.82. The number of nitrogens with zero attached hydrogens (tertiary/aromatic N) is 1. The zero-order valence-corrected chi connectivity index (χ0v) is 12.0. The molecule has 0 amide bonds. The summed E-state index contributed by atoms with van der Waals surface area (Å²) in [5.41, 5.74) is 5.65. The SMILES string of the molecule is CC(C)CN(C1CC1)S(=O)(=O)c1cc(N)cc(F)c1. The van der Waals surface area contributed by atoms with Gasteiger partial charge < -0.3 is 5.73 Å². The Labute approximate surface area is 113 Å². The lowest BCUT2D eigenvalue weighted by molar-refractivity contribution is 0.360. The van der Waals surface area contributed by atoms with E-state index in [1.165, 1.54) is 10.4 Å². The molecule has 0 aromatic heterocycles. The molecule has 0 aliphatic heterocycles. The lowest BCUT2D eigenvalue weighted by atomic mass is 10.2. The highest BCUT2D eigenvalue weighted by molar-refractivity contribution is 7.89. The Balaban J connectivity index is 2.38. The molecule has 0 unspecified atom stereocenters. The Hall–Kier alpha value is -1.14. The zero-order chi connectivity index (χ0) is 14.2. The number of halogens is 1. The van der Waals surface area contributed by atoms with Gasteiger partial charge in [0.15, 0.2) is 0 Å². The highest BCUT2D eigenvalue weighted by Crippen LogP contribution is 2.33. The van der Waals surface area contributed by atoms with E-state index in [2.05, 4.69) is 0 Å². The van der Waals surface area contributed by atoms with Crippen LogP contribution in [0.15, 0.2) is 23.1 Å². The number of rotatable bonds is 5. The molecule has 0 saturated heterocycles. The Morgan fingerprint density at radius 1 is 1.37 bits per heavy atom. The molecule has 1 aromatic rings. The molecule has 1 aliphatic carbocycles. The predicted octanol–water partition coefficient (Wildman–Crippen LogP) is 2.22. The van der Waals surface area contributed by atoms with Crippen LogP contribution in [-0.4, -0.2) is 25.3 Å². The standard InChI is InChI=1S/C13H19FN2O2S/c1-9(2)8-16(12-3-4-12)19(17,18)13-6-10(14)5-11(15)7-13/h5-7,9,12H,3-4,8,15H2,1-2H3. The molecule has 6 heteroatoms. The maximum absolute atomic E-state index is 13.3. The summed E-state index contributed by atoms with van der Waals surface area (Å²) in [5, 5.41) is 0. The van der Waals surface area contributed by atoms with Crippen molar-refractivity contribution in [3.05, 3.63) is 24.0 Å². The summed E-state index contributed by atoms with van der Waals surface area (Å²) in [6.07, 6.45) is 1.74. The molecular weight excluding hydrogens is 267 g/mol. The smallest absolute Gasteiger partial charge is 0.243 e. The molecule has 0 heterocycles. The molecule has 0 spiro atoms. The van der Waals surface area contributed by atoms with E-state index < -0.39 is 15.8 Å². The minimum absolute atomic E-state index is 0.0527. The van der Waals surface area contributed by atoms with Crippen molar-refractivity contribution in [1.29, 1.82) is 0 Å². The van der Waals surface area contributed by atoms with E-state index in [9.17, 15) is 12.8 Å². The van der Waals surface area contributed by atoms with Gasteiger partial charge in [0.2, 0.25) is 10.0 Å². The van der Waals surface area contributed by atoms with E-state index in [1.54, 1.807) is 0 Å². The summed E-state index contributed by atoms with van der Waals surface area (Å²) in [7, 11) is -3.66. The molecule has 2 N–H and O–H groups in total. The van der Waals surface area contributed by atoms with Crippen LogP contribution >= 0.6 is 0 Å². The van der Waals surface area contributed by atoms with E-state index in [-0.39, 0.29) is 22.5 Å². The minimum Gasteiger partial charge on any atom is -0.399 e. The van der Waals surface area contributed by atoms with Gasteiger partial charge in [0.25, 0.3) is 0 Å². The average Bonchev–Trinajstić information content (AvgIpc) is 3.07. The molecule has 0 atom stereocenters. The fourth-order valence-corrected chi connectivity index (χ4v) is 3.95. The van der Waals surface area contributed by atoms with Crippen molar-refractivity contribution in [3.63, 3.8) is 0 Å². The molecule has 0 radical (unpaired) electrons. The second-order valence-corrected chi connectivity index (χ2v) is 7.31. The van der Waals surface area contributed by atoms with E-state index in [0.29, 0.717) is 6.54 Å². The first kappa shape index (κ1) is 14.3. The number of nitrogen functional groups attached to an aromatic ring is 1. The van der Waals surface area contributed by atoms with Crippen molar-refractivity contribution in [1.82, 2.24) is 4.31 Å². The van der Waals surface area contributed by atoms with Gasteiger partial charge in [0.05, 0.1) is 4.90 Å². The van der Waals surface area contributed by atoms with Crippen LogP contribution in [0.5, 0.6) is 0 Å². The second kappa shape index (κ2) is 5.09. The number of anilines is 1. The van der Waals surface area contributed by atoms with Crippen LogP contribution in [-0.2, 0) is 10.0 Å². The summed E-state index contributed by atoms with van der Waals surface area (Å²) in [5.74, 6) is -0.403. The van der Waals surface area contributed by atoms with Crippen LogP contribution in [0.25, 0.3) is 0 Å². The first-order valence-electron chi connectivity index (χ1n) is 6.38. The van der Waals surface area contributed by atoms with Crippen LogP contribution in [0.3, 0.4) is 0 Å². The third kappa shape index (κ3) is 3.25. The lowest BCUT2D eigenvalue weighted by Gasteiger charge is -2.23. The number of hydrogen-bond acceptors (Lipinski definition) is 3. The van der Waals surface area contributed by atoms with Gasteiger partial charge >= 0.3 is 0 Å². The Morgan fingerprint density at radius 3 is 2.47 bits per heavy atom. The van der Waals surface area contributed by atoms with Gasteiger partial charge in [-0.3, -0.25) is 0 Å². The molecule has 19 heavy (non-hydrogen) atoms. The van der Waals surface area contributed by atoms with Crippen LogP contribution in [0, 0.1) is 11.7 Å². The molecular formula is C13H19FN2O2S. The minimum atomic E-state index is -3.66. The Morgan fingerprint density at radius 2 is 2.00 bits per heavy atom. The second-order valence-electron chi connectivity index (χ2n) is 5.42. The monoisotopic (exact) mass is 286 g/mol. The van der Waals surface area contributed by atoms with Crippen molar-refractivity contribution in [3.8, 4) is 0 Å².